The summed E-state index contributed by atoms with van der Waals surface area (Å²) in [7, 11) is 0. The van der Waals surface area contributed by atoms with Crippen molar-refractivity contribution in [1.82, 2.24) is 0 Å². The lowest BCUT2D eigenvalue weighted by molar-refractivity contribution is -0.162. The molecule has 1 unspecified atom stereocenters. The lowest BCUT2D eigenvalue weighted by Crippen LogP contribution is -2.22. The van der Waals surface area contributed by atoms with E-state index in [4.69, 9.17) is 12.2 Å². The molecule has 0 bridgehead atoms. The Balaban J connectivity index is 1.97. The molecule has 1 aliphatic heterocycles. The molecule has 0 radical (unpaired) electrons. The molecular formula is C22H40O2. The average Bonchev–Trinajstić information content (AvgIpc) is 2.67. The van der Waals surface area contributed by atoms with Crippen LogP contribution in [0.4, 0.5) is 0 Å². The molecule has 1 fully saturated rings. The number of unbranched alkanes of at least 4 members (excludes halogenated alkanes) is 8. The van der Waals surface area contributed by atoms with Crippen LogP contribution in [0.1, 0.15) is 99.6 Å². The van der Waals surface area contributed by atoms with Gasteiger partial charge in [-0.05, 0) is 51.4 Å². The maximum absolute atomic E-state index is 7.98. The number of allylic oxidation sites excluding steroid dienone is 4. The van der Waals surface area contributed by atoms with E-state index in [9.17, 15) is 0 Å². The van der Waals surface area contributed by atoms with Gasteiger partial charge in [0.15, 0.2) is 6.29 Å². The molecule has 0 aliphatic carbocycles. The van der Waals surface area contributed by atoms with Crippen molar-refractivity contribution in [3.63, 3.8) is 0 Å². The quantitative estimate of drug-likeness (QED) is 0.237. The molecule has 1 atom stereocenters. The second-order valence-corrected chi connectivity index (χ2v) is 6.76. The Labute approximate surface area is 153 Å². The summed E-state index contributed by atoms with van der Waals surface area (Å²) < 4.78 is 27.2. The first-order valence-electron chi connectivity index (χ1n) is 11.3. The summed E-state index contributed by atoms with van der Waals surface area (Å²) in [6, 6.07) is 0.869. The first-order chi connectivity index (χ1) is 12.7. The number of hydrogen-bond acceptors (Lipinski definition) is 2. The van der Waals surface area contributed by atoms with Crippen LogP contribution in [-0.2, 0) is 9.47 Å². The molecule has 24 heavy (non-hydrogen) atoms. The highest BCUT2D eigenvalue weighted by Gasteiger charge is 2.12. The van der Waals surface area contributed by atoms with Crippen LogP contribution in [0, 0.1) is 0 Å². The van der Waals surface area contributed by atoms with Gasteiger partial charge in [-0.25, -0.2) is 0 Å². The van der Waals surface area contributed by atoms with Gasteiger partial charge in [-0.15, -0.1) is 0 Å². The lowest BCUT2D eigenvalue weighted by atomic mass is 10.1. The first-order valence-corrected chi connectivity index (χ1v) is 10.3. The van der Waals surface area contributed by atoms with Crippen molar-refractivity contribution in [2.75, 3.05) is 13.2 Å². The van der Waals surface area contributed by atoms with E-state index in [1.165, 1.54) is 38.5 Å². The SMILES string of the molecule is [2H]C(/C=C/CCCCCOC1CCCCO1)=C(\[2H])CCCCCCCC. The van der Waals surface area contributed by atoms with Crippen LogP contribution < -0.4 is 0 Å². The second kappa shape index (κ2) is 17.2. The number of rotatable bonds is 15. The van der Waals surface area contributed by atoms with E-state index in [1.807, 2.05) is 12.2 Å². The zero-order chi connectivity index (χ0) is 18.9. The standard InChI is InChI=1S/C22H40O2/c1-2-3-4-5-6-7-8-9-10-11-12-13-14-15-17-20-23-22-19-16-18-21-24-22/h9-12,22H,2-8,13-21H2,1H3/b10-9-,12-11+/i9D,10D. The topological polar surface area (TPSA) is 18.5 Å². The minimum absolute atomic E-state index is 0.0294. The Morgan fingerprint density at radius 2 is 1.79 bits per heavy atom. The predicted molar refractivity (Wildman–Crippen MR) is 104 cm³/mol. The van der Waals surface area contributed by atoms with Gasteiger partial charge in [-0.3, -0.25) is 0 Å². The highest BCUT2D eigenvalue weighted by molar-refractivity contribution is 5.02. The summed E-state index contributed by atoms with van der Waals surface area (Å²) in [6.07, 6.45) is 19.7. The van der Waals surface area contributed by atoms with Crippen LogP contribution in [0.2, 0.25) is 0 Å². The molecule has 1 saturated heterocycles. The van der Waals surface area contributed by atoms with Crippen LogP contribution >= 0.6 is 0 Å². The molecule has 2 nitrogen and oxygen atoms in total. The Morgan fingerprint density at radius 3 is 2.62 bits per heavy atom. The molecule has 0 aromatic heterocycles. The van der Waals surface area contributed by atoms with E-state index in [2.05, 4.69) is 6.92 Å². The molecule has 1 aliphatic rings. The summed E-state index contributed by atoms with van der Waals surface area (Å²) in [6.45, 7) is 3.85. The Hall–Kier alpha value is -0.600. The molecule has 140 valence electrons. The number of ether oxygens (including phenoxy) is 2. The van der Waals surface area contributed by atoms with Crippen LogP contribution in [-0.4, -0.2) is 19.5 Å². The van der Waals surface area contributed by atoms with E-state index in [0.29, 0.717) is 12.1 Å². The van der Waals surface area contributed by atoms with Crippen molar-refractivity contribution in [2.45, 2.75) is 103 Å². The largest absolute Gasteiger partial charge is 0.353 e. The molecule has 1 heterocycles. The smallest absolute Gasteiger partial charge is 0.157 e. The minimum Gasteiger partial charge on any atom is -0.353 e. The number of hydrogen-bond donors (Lipinski definition) is 0. The highest BCUT2D eigenvalue weighted by atomic mass is 16.7. The van der Waals surface area contributed by atoms with Crippen molar-refractivity contribution >= 4 is 0 Å². The molecule has 1 rings (SSSR count). The van der Waals surface area contributed by atoms with Gasteiger partial charge in [-0.1, -0.05) is 69.7 Å². The normalized spacial score (nSPS) is 20.8. The molecule has 0 saturated carbocycles. The zero-order valence-corrected chi connectivity index (χ0v) is 15.9. The third kappa shape index (κ3) is 13.8. The van der Waals surface area contributed by atoms with E-state index in [0.717, 1.165) is 64.6 Å². The van der Waals surface area contributed by atoms with Crippen LogP contribution in [0.25, 0.3) is 0 Å². The fourth-order valence-corrected chi connectivity index (χ4v) is 2.87. The van der Waals surface area contributed by atoms with Gasteiger partial charge in [0, 0.05) is 13.2 Å². The highest BCUT2D eigenvalue weighted by Crippen LogP contribution is 2.14. The fourth-order valence-electron chi connectivity index (χ4n) is 2.87. The maximum Gasteiger partial charge on any atom is 0.157 e. The molecule has 0 spiro atoms. The van der Waals surface area contributed by atoms with Crippen LogP contribution in [0.3, 0.4) is 0 Å². The van der Waals surface area contributed by atoms with Crippen LogP contribution in [0.15, 0.2) is 24.3 Å². The molecule has 0 aromatic carbocycles. The lowest BCUT2D eigenvalue weighted by Gasteiger charge is -2.22. The molecule has 0 aromatic rings. The summed E-state index contributed by atoms with van der Waals surface area (Å²) in [5.74, 6) is 0. The average molecular weight is 339 g/mol. The molecule has 0 N–H and O–H groups in total. The predicted octanol–water partition coefficient (Wildman–Crippen LogP) is 6.95. The van der Waals surface area contributed by atoms with E-state index in [1.54, 1.807) is 0 Å². The summed E-state index contributed by atoms with van der Waals surface area (Å²) in [4.78, 5) is 0. The maximum atomic E-state index is 7.98. The van der Waals surface area contributed by atoms with Gasteiger partial charge < -0.3 is 9.47 Å². The van der Waals surface area contributed by atoms with Crippen molar-refractivity contribution < 1.29 is 12.2 Å². The van der Waals surface area contributed by atoms with Crippen molar-refractivity contribution in [1.29, 1.82) is 0 Å². The summed E-state index contributed by atoms with van der Waals surface area (Å²) in [5, 5.41) is 0. The third-order valence-corrected chi connectivity index (χ3v) is 4.42. The van der Waals surface area contributed by atoms with Crippen molar-refractivity contribution in [2.24, 2.45) is 0 Å². The Kier molecular flexibility index (Phi) is 13.1. The monoisotopic (exact) mass is 338 g/mol. The van der Waals surface area contributed by atoms with Gasteiger partial charge in [-0.2, -0.15) is 0 Å². The Bertz CT molecular complexity index is 388. The summed E-state index contributed by atoms with van der Waals surface area (Å²) in [5.41, 5.74) is 0. The van der Waals surface area contributed by atoms with E-state index < -0.39 is 0 Å². The Morgan fingerprint density at radius 1 is 1.00 bits per heavy atom. The van der Waals surface area contributed by atoms with Gasteiger partial charge in [0.2, 0.25) is 0 Å². The zero-order valence-electron chi connectivity index (χ0n) is 17.9. The molecule has 2 heteroatoms. The van der Waals surface area contributed by atoms with E-state index >= 15 is 0 Å². The first kappa shape index (κ1) is 18.2. The van der Waals surface area contributed by atoms with Crippen molar-refractivity contribution in [3.8, 4) is 0 Å². The van der Waals surface area contributed by atoms with E-state index in [-0.39, 0.29) is 6.29 Å². The third-order valence-electron chi connectivity index (χ3n) is 4.42. The van der Waals surface area contributed by atoms with Gasteiger partial charge in [0.25, 0.3) is 0 Å². The van der Waals surface area contributed by atoms with Gasteiger partial charge in [0.1, 0.15) is 0 Å². The van der Waals surface area contributed by atoms with Gasteiger partial charge in [0.05, 0.1) is 2.74 Å². The summed E-state index contributed by atoms with van der Waals surface area (Å²) >= 11 is 0. The molecular weight excluding hydrogens is 296 g/mol. The fraction of sp³-hybridized carbons (Fsp3) is 0.818. The van der Waals surface area contributed by atoms with Crippen molar-refractivity contribution in [3.05, 3.63) is 24.3 Å². The van der Waals surface area contributed by atoms with Gasteiger partial charge >= 0.3 is 0 Å². The minimum atomic E-state index is 0.0294. The molecule has 0 amide bonds. The van der Waals surface area contributed by atoms with Crippen LogP contribution in [0.5, 0.6) is 0 Å². The second-order valence-electron chi connectivity index (χ2n) is 6.76.